The Morgan fingerprint density at radius 3 is 2.11 bits per heavy atom. The number of carbonyl (C=O) groups excluding carboxylic acids is 2. The maximum absolute atomic E-state index is 13.4. The van der Waals surface area contributed by atoms with E-state index in [0.29, 0.717) is 23.5 Å². The van der Waals surface area contributed by atoms with Crippen molar-refractivity contribution in [3.05, 3.63) is 120 Å². The molecule has 4 aromatic carbocycles. The van der Waals surface area contributed by atoms with Crippen LogP contribution in [0.25, 0.3) is 0 Å². The Balaban J connectivity index is 1.44. The second kappa shape index (κ2) is 13.5. The van der Waals surface area contributed by atoms with Crippen molar-refractivity contribution < 1.29 is 14.3 Å². The highest BCUT2D eigenvalue weighted by Crippen LogP contribution is 2.37. The summed E-state index contributed by atoms with van der Waals surface area (Å²) < 4.78 is 5.72. The summed E-state index contributed by atoms with van der Waals surface area (Å²) in [5, 5.41) is 5.54. The van der Waals surface area contributed by atoms with Gasteiger partial charge in [-0.2, -0.15) is 0 Å². The molecule has 0 saturated heterocycles. The maximum atomic E-state index is 13.4. The van der Waals surface area contributed by atoms with Gasteiger partial charge in [0, 0.05) is 21.8 Å². The Labute approximate surface area is 228 Å². The molecule has 1 unspecified atom stereocenters. The lowest BCUT2D eigenvalue weighted by molar-refractivity contribution is -0.115. The van der Waals surface area contributed by atoms with Gasteiger partial charge in [-0.05, 0) is 79.1 Å². The standard InChI is InChI=1S/C32H32N2O3S/c1-3-4-22-37-27-18-14-25(15-19-27)34-32(36)30(24-11-6-5-7-12-24)38-28-20-16-26(17-21-28)33-31(35)29-13-9-8-10-23(29)2/h5-21,30H,3-4,22H2,1-2H3,(H,33,35)(H,34,36). The van der Waals surface area contributed by atoms with Crippen LogP contribution in [-0.2, 0) is 4.79 Å². The molecule has 38 heavy (non-hydrogen) atoms. The predicted octanol–water partition coefficient (Wildman–Crippen LogP) is 7.90. The van der Waals surface area contributed by atoms with E-state index in [2.05, 4.69) is 17.6 Å². The Hall–Kier alpha value is -4.03. The van der Waals surface area contributed by atoms with Crippen molar-refractivity contribution in [1.29, 1.82) is 0 Å². The molecule has 0 aliphatic carbocycles. The summed E-state index contributed by atoms with van der Waals surface area (Å²) in [5.74, 6) is 0.532. The molecule has 1 atom stereocenters. The number of nitrogens with one attached hydrogen (secondary N) is 2. The summed E-state index contributed by atoms with van der Waals surface area (Å²) in [4.78, 5) is 27.0. The molecule has 4 aromatic rings. The zero-order valence-electron chi connectivity index (χ0n) is 21.6. The van der Waals surface area contributed by atoms with Gasteiger partial charge in [0.2, 0.25) is 5.91 Å². The fraction of sp³-hybridized carbons (Fsp3) is 0.188. The normalized spacial score (nSPS) is 11.4. The van der Waals surface area contributed by atoms with Crippen LogP contribution in [0.4, 0.5) is 11.4 Å². The third-order valence-corrected chi connectivity index (χ3v) is 7.25. The van der Waals surface area contributed by atoms with Crippen LogP contribution in [0.1, 0.15) is 46.5 Å². The molecular weight excluding hydrogens is 492 g/mol. The summed E-state index contributed by atoms with van der Waals surface area (Å²) in [6.07, 6.45) is 2.09. The summed E-state index contributed by atoms with van der Waals surface area (Å²) in [6, 6.07) is 32.2. The van der Waals surface area contributed by atoms with E-state index in [9.17, 15) is 9.59 Å². The highest BCUT2D eigenvalue weighted by atomic mass is 32.2. The van der Waals surface area contributed by atoms with Gasteiger partial charge in [0.05, 0.1) is 6.61 Å². The zero-order valence-corrected chi connectivity index (χ0v) is 22.5. The van der Waals surface area contributed by atoms with E-state index in [-0.39, 0.29) is 11.8 Å². The molecule has 0 aliphatic rings. The average molecular weight is 525 g/mol. The molecule has 5 nitrogen and oxygen atoms in total. The Morgan fingerprint density at radius 1 is 0.789 bits per heavy atom. The van der Waals surface area contributed by atoms with E-state index in [1.165, 1.54) is 11.8 Å². The summed E-state index contributed by atoms with van der Waals surface area (Å²) in [7, 11) is 0. The number of aryl methyl sites for hydroxylation is 1. The van der Waals surface area contributed by atoms with Crippen LogP contribution in [0.3, 0.4) is 0 Å². The van der Waals surface area contributed by atoms with Gasteiger partial charge in [-0.3, -0.25) is 9.59 Å². The van der Waals surface area contributed by atoms with Crippen LogP contribution < -0.4 is 15.4 Å². The van der Waals surface area contributed by atoms with E-state index in [4.69, 9.17) is 4.74 Å². The molecule has 0 aromatic heterocycles. The Bertz CT molecular complexity index is 1340. The van der Waals surface area contributed by atoms with Crippen molar-refractivity contribution in [3.63, 3.8) is 0 Å². The number of amides is 2. The average Bonchev–Trinajstić information content (AvgIpc) is 2.94. The molecule has 2 N–H and O–H groups in total. The topological polar surface area (TPSA) is 67.4 Å². The molecule has 0 heterocycles. The highest BCUT2D eigenvalue weighted by Gasteiger charge is 2.22. The molecule has 6 heteroatoms. The van der Waals surface area contributed by atoms with E-state index in [1.807, 2.05) is 110 Å². The molecule has 4 rings (SSSR count). The molecule has 2 amide bonds. The predicted molar refractivity (Wildman–Crippen MR) is 156 cm³/mol. The molecule has 0 aliphatic heterocycles. The molecule has 0 fully saturated rings. The lowest BCUT2D eigenvalue weighted by Crippen LogP contribution is -2.19. The smallest absolute Gasteiger partial charge is 0.255 e. The summed E-state index contributed by atoms with van der Waals surface area (Å²) >= 11 is 1.46. The first-order valence-corrected chi connectivity index (χ1v) is 13.6. The molecule has 0 saturated carbocycles. The van der Waals surface area contributed by atoms with Gasteiger partial charge < -0.3 is 15.4 Å². The number of carbonyl (C=O) groups is 2. The van der Waals surface area contributed by atoms with Gasteiger partial charge in [0.1, 0.15) is 11.0 Å². The summed E-state index contributed by atoms with van der Waals surface area (Å²) in [6.45, 7) is 4.73. The molecular formula is C32H32N2O3S. The first kappa shape index (κ1) is 27.0. The number of ether oxygens (including phenoxy) is 1. The number of unbranched alkanes of at least 4 members (excludes halogenated alkanes) is 1. The van der Waals surface area contributed by atoms with Crippen LogP contribution in [0.5, 0.6) is 5.75 Å². The number of hydrogen-bond donors (Lipinski definition) is 2. The number of thioether (sulfide) groups is 1. The SMILES string of the molecule is CCCCOc1ccc(NC(=O)C(Sc2ccc(NC(=O)c3ccccc3C)cc2)c2ccccc2)cc1. The number of rotatable bonds is 11. The van der Waals surface area contributed by atoms with E-state index >= 15 is 0 Å². The summed E-state index contributed by atoms with van der Waals surface area (Å²) in [5.41, 5.74) is 3.89. The minimum atomic E-state index is -0.455. The van der Waals surface area contributed by atoms with E-state index in [1.54, 1.807) is 0 Å². The molecule has 0 radical (unpaired) electrons. The van der Waals surface area contributed by atoms with Gasteiger partial charge in [0.15, 0.2) is 0 Å². The quantitative estimate of drug-likeness (QED) is 0.155. The van der Waals surface area contributed by atoms with Crippen molar-refractivity contribution >= 4 is 35.0 Å². The van der Waals surface area contributed by atoms with E-state index < -0.39 is 5.25 Å². The third kappa shape index (κ3) is 7.49. The van der Waals surface area contributed by atoms with Crippen LogP contribution in [0, 0.1) is 6.92 Å². The first-order chi connectivity index (χ1) is 18.5. The van der Waals surface area contributed by atoms with Crippen molar-refractivity contribution in [2.24, 2.45) is 0 Å². The van der Waals surface area contributed by atoms with Crippen molar-refractivity contribution in [2.75, 3.05) is 17.2 Å². The van der Waals surface area contributed by atoms with Crippen LogP contribution in [0.2, 0.25) is 0 Å². The van der Waals surface area contributed by atoms with Crippen molar-refractivity contribution in [3.8, 4) is 5.75 Å². The maximum Gasteiger partial charge on any atom is 0.255 e. The first-order valence-electron chi connectivity index (χ1n) is 12.8. The Morgan fingerprint density at radius 2 is 1.42 bits per heavy atom. The lowest BCUT2D eigenvalue weighted by Gasteiger charge is -2.18. The second-order valence-electron chi connectivity index (χ2n) is 8.92. The van der Waals surface area contributed by atoms with Crippen LogP contribution in [-0.4, -0.2) is 18.4 Å². The molecule has 0 spiro atoms. The van der Waals surface area contributed by atoms with Gasteiger partial charge in [-0.15, -0.1) is 11.8 Å². The number of hydrogen-bond acceptors (Lipinski definition) is 4. The van der Waals surface area contributed by atoms with Gasteiger partial charge in [-0.1, -0.05) is 61.9 Å². The lowest BCUT2D eigenvalue weighted by atomic mass is 10.1. The fourth-order valence-corrected chi connectivity index (χ4v) is 4.88. The largest absolute Gasteiger partial charge is 0.494 e. The van der Waals surface area contributed by atoms with Gasteiger partial charge >= 0.3 is 0 Å². The van der Waals surface area contributed by atoms with Crippen LogP contribution >= 0.6 is 11.8 Å². The third-order valence-electron chi connectivity index (χ3n) is 5.98. The Kier molecular flexibility index (Phi) is 9.59. The highest BCUT2D eigenvalue weighted by molar-refractivity contribution is 8.00. The van der Waals surface area contributed by atoms with Crippen molar-refractivity contribution in [1.82, 2.24) is 0 Å². The number of benzene rings is 4. The van der Waals surface area contributed by atoms with Crippen molar-refractivity contribution in [2.45, 2.75) is 36.8 Å². The zero-order chi connectivity index (χ0) is 26.7. The minimum absolute atomic E-state index is 0.113. The monoisotopic (exact) mass is 524 g/mol. The van der Waals surface area contributed by atoms with Gasteiger partial charge in [0.25, 0.3) is 5.91 Å². The minimum Gasteiger partial charge on any atom is -0.494 e. The number of anilines is 2. The van der Waals surface area contributed by atoms with Gasteiger partial charge in [-0.25, -0.2) is 0 Å². The molecule has 194 valence electrons. The van der Waals surface area contributed by atoms with E-state index in [0.717, 1.165) is 34.6 Å². The second-order valence-corrected chi connectivity index (χ2v) is 10.1. The fourth-order valence-electron chi connectivity index (χ4n) is 3.86. The molecule has 0 bridgehead atoms. The van der Waals surface area contributed by atoms with Crippen LogP contribution in [0.15, 0.2) is 108 Å².